The van der Waals surface area contributed by atoms with Crippen LogP contribution >= 0.6 is 11.3 Å². The van der Waals surface area contributed by atoms with Crippen LogP contribution in [-0.4, -0.2) is 86.3 Å². The van der Waals surface area contributed by atoms with Crippen molar-refractivity contribution in [1.82, 2.24) is 13.5 Å². The molecule has 9 heteroatoms. The van der Waals surface area contributed by atoms with Crippen LogP contribution in [0.3, 0.4) is 0 Å². The Balaban J connectivity index is 1.48. The molecule has 0 saturated carbocycles. The van der Waals surface area contributed by atoms with Gasteiger partial charge in [0.2, 0.25) is 5.90 Å². The zero-order valence-electron chi connectivity index (χ0n) is 14.8. The fourth-order valence-electron chi connectivity index (χ4n) is 3.19. The number of thiophene rings is 1. The highest BCUT2D eigenvalue weighted by atomic mass is 32.2. The topological polar surface area (TPSA) is 65.5 Å². The molecular weight excluding hydrogens is 360 g/mol. The highest BCUT2D eigenvalue weighted by Crippen LogP contribution is 2.18. The van der Waals surface area contributed by atoms with Gasteiger partial charge in [0.25, 0.3) is 10.2 Å². The number of hydrogen-bond acceptors (Lipinski definition) is 6. The largest absolute Gasteiger partial charge is 0.470 e. The molecule has 0 bridgehead atoms. The summed E-state index contributed by atoms with van der Waals surface area (Å²) in [6.07, 6.45) is 0.0584. The van der Waals surface area contributed by atoms with Crippen LogP contribution in [0.1, 0.15) is 18.7 Å². The zero-order chi connectivity index (χ0) is 17.9. The highest BCUT2D eigenvalue weighted by Gasteiger charge is 2.32. The minimum atomic E-state index is -3.33. The van der Waals surface area contributed by atoms with Gasteiger partial charge in [0.1, 0.15) is 6.10 Å². The van der Waals surface area contributed by atoms with Gasteiger partial charge in [-0.25, -0.2) is 4.99 Å². The van der Waals surface area contributed by atoms with Crippen molar-refractivity contribution in [2.75, 3.05) is 52.4 Å². The van der Waals surface area contributed by atoms with Gasteiger partial charge < -0.3 is 4.74 Å². The number of ether oxygens (including phenoxy) is 1. The summed E-state index contributed by atoms with van der Waals surface area (Å²) >= 11 is 1.63. The van der Waals surface area contributed by atoms with Crippen molar-refractivity contribution in [3.63, 3.8) is 0 Å². The molecule has 1 unspecified atom stereocenters. The average molecular weight is 387 g/mol. The van der Waals surface area contributed by atoms with Gasteiger partial charge in [-0.3, -0.25) is 4.90 Å². The third-order valence-corrected chi connectivity index (χ3v) is 7.64. The Morgan fingerprint density at radius 3 is 2.60 bits per heavy atom. The minimum absolute atomic E-state index is 0.0584. The van der Waals surface area contributed by atoms with Crippen LogP contribution in [0.25, 0.3) is 0 Å². The molecule has 2 aliphatic heterocycles. The summed E-state index contributed by atoms with van der Waals surface area (Å²) in [6.45, 7) is 8.76. The molecule has 1 saturated heterocycles. The van der Waals surface area contributed by atoms with Gasteiger partial charge in [-0.2, -0.15) is 17.0 Å². The molecule has 1 aromatic heterocycles. The smallest absolute Gasteiger partial charge is 0.282 e. The first-order valence-electron chi connectivity index (χ1n) is 8.77. The van der Waals surface area contributed by atoms with E-state index in [2.05, 4.69) is 9.89 Å². The van der Waals surface area contributed by atoms with Gasteiger partial charge >= 0.3 is 0 Å². The van der Waals surface area contributed by atoms with E-state index in [1.807, 2.05) is 31.4 Å². The Labute approximate surface area is 154 Å². The molecule has 2 aliphatic rings. The summed E-state index contributed by atoms with van der Waals surface area (Å²) in [5.41, 5.74) is 0. The molecule has 1 atom stereocenters. The maximum atomic E-state index is 12.6. The average Bonchev–Trinajstić information content (AvgIpc) is 3.27. The Kier molecular flexibility index (Phi) is 6.11. The van der Waals surface area contributed by atoms with Crippen LogP contribution < -0.4 is 0 Å². The quantitative estimate of drug-likeness (QED) is 0.704. The van der Waals surface area contributed by atoms with E-state index in [4.69, 9.17) is 4.74 Å². The lowest BCUT2D eigenvalue weighted by molar-refractivity contribution is 0.115. The molecule has 0 aromatic carbocycles. The number of aliphatic imine (C=N–C) groups is 1. The molecule has 0 N–H and O–H groups in total. The number of hydrogen-bond donors (Lipinski definition) is 0. The van der Waals surface area contributed by atoms with Gasteiger partial charge in [-0.05, 0) is 11.4 Å². The van der Waals surface area contributed by atoms with Crippen LogP contribution in [-0.2, 0) is 14.9 Å². The number of piperazine rings is 1. The van der Waals surface area contributed by atoms with Gasteiger partial charge in [-0.15, -0.1) is 11.3 Å². The lowest BCUT2D eigenvalue weighted by atomic mass is 10.3. The van der Waals surface area contributed by atoms with E-state index in [9.17, 15) is 8.42 Å². The Morgan fingerprint density at radius 2 is 2.00 bits per heavy atom. The Morgan fingerprint density at radius 1 is 1.28 bits per heavy atom. The van der Waals surface area contributed by atoms with Gasteiger partial charge in [0, 0.05) is 45.8 Å². The summed E-state index contributed by atoms with van der Waals surface area (Å²) in [5.74, 6) is 0.739. The third kappa shape index (κ3) is 4.22. The lowest BCUT2D eigenvalue weighted by Crippen LogP contribution is -2.54. The van der Waals surface area contributed by atoms with E-state index < -0.39 is 10.2 Å². The molecule has 1 aromatic rings. The van der Waals surface area contributed by atoms with Gasteiger partial charge in [0.05, 0.1) is 11.4 Å². The molecule has 0 spiro atoms. The summed E-state index contributed by atoms with van der Waals surface area (Å²) in [7, 11) is -3.33. The fourth-order valence-corrected chi connectivity index (χ4v) is 5.47. The molecular formula is C16H26N4O3S2. The molecule has 0 radical (unpaired) electrons. The van der Waals surface area contributed by atoms with Crippen molar-refractivity contribution >= 4 is 27.4 Å². The summed E-state index contributed by atoms with van der Waals surface area (Å²) < 4.78 is 34.2. The predicted molar refractivity (Wildman–Crippen MR) is 100 cm³/mol. The lowest BCUT2D eigenvalue weighted by Gasteiger charge is -2.36. The van der Waals surface area contributed by atoms with Crippen molar-refractivity contribution in [1.29, 1.82) is 0 Å². The Bertz CT molecular complexity index is 678. The van der Waals surface area contributed by atoms with Crippen LogP contribution in [0, 0.1) is 0 Å². The molecule has 3 heterocycles. The van der Waals surface area contributed by atoms with E-state index in [1.54, 1.807) is 15.6 Å². The normalized spacial score (nSPS) is 23.0. The third-order valence-electron chi connectivity index (χ3n) is 4.60. The maximum absolute atomic E-state index is 12.6. The van der Waals surface area contributed by atoms with Crippen molar-refractivity contribution in [2.45, 2.75) is 20.0 Å². The standard InChI is InChI=1S/C16H26N4O3S2/c1-3-19(4-2)25(21,22)20-9-7-18(8-10-20)13-14-12-17-16(23-14)15-6-5-11-24-15/h5-6,11,14H,3-4,7-10,12-13H2,1-2H3. The van der Waals surface area contributed by atoms with Crippen molar-refractivity contribution in [3.8, 4) is 0 Å². The Hall–Kier alpha value is -1.00. The van der Waals surface area contributed by atoms with Crippen molar-refractivity contribution < 1.29 is 13.2 Å². The van der Waals surface area contributed by atoms with Gasteiger partial charge in [-0.1, -0.05) is 19.9 Å². The number of nitrogens with zero attached hydrogens (tertiary/aromatic N) is 4. The number of rotatable bonds is 7. The van der Waals surface area contributed by atoms with Crippen LogP contribution in [0.5, 0.6) is 0 Å². The second-order valence-electron chi connectivity index (χ2n) is 6.15. The van der Waals surface area contributed by atoms with Crippen LogP contribution in [0.15, 0.2) is 22.5 Å². The second-order valence-corrected chi connectivity index (χ2v) is 9.03. The highest BCUT2D eigenvalue weighted by molar-refractivity contribution is 7.86. The molecule has 25 heavy (non-hydrogen) atoms. The molecule has 3 rings (SSSR count). The molecule has 7 nitrogen and oxygen atoms in total. The van der Waals surface area contributed by atoms with E-state index >= 15 is 0 Å². The van der Waals surface area contributed by atoms with Crippen molar-refractivity contribution in [3.05, 3.63) is 22.4 Å². The van der Waals surface area contributed by atoms with E-state index in [0.717, 1.165) is 30.4 Å². The second kappa shape index (κ2) is 8.13. The van der Waals surface area contributed by atoms with Crippen LogP contribution in [0.4, 0.5) is 0 Å². The van der Waals surface area contributed by atoms with E-state index in [1.165, 1.54) is 4.31 Å². The molecule has 1 fully saturated rings. The summed E-state index contributed by atoms with van der Waals surface area (Å²) in [4.78, 5) is 7.83. The van der Waals surface area contributed by atoms with E-state index in [-0.39, 0.29) is 6.10 Å². The monoisotopic (exact) mass is 386 g/mol. The minimum Gasteiger partial charge on any atom is -0.470 e. The van der Waals surface area contributed by atoms with Gasteiger partial charge in [0.15, 0.2) is 0 Å². The zero-order valence-corrected chi connectivity index (χ0v) is 16.4. The summed E-state index contributed by atoms with van der Waals surface area (Å²) in [6, 6.07) is 4.01. The van der Waals surface area contributed by atoms with Crippen molar-refractivity contribution in [2.24, 2.45) is 4.99 Å². The predicted octanol–water partition coefficient (Wildman–Crippen LogP) is 1.10. The van der Waals surface area contributed by atoms with Crippen LogP contribution in [0.2, 0.25) is 0 Å². The fraction of sp³-hybridized carbons (Fsp3) is 0.688. The molecule has 140 valence electrons. The summed E-state index contributed by atoms with van der Waals surface area (Å²) in [5, 5.41) is 2.02. The first-order chi connectivity index (χ1) is 12.0. The maximum Gasteiger partial charge on any atom is 0.282 e. The first kappa shape index (κ1) is 18.8. The molecule has 0 aliphatic carbocycles. The molecule has 0 amide bonds. The SMILES string of the molecule is CCN(CC)S(=O)(=O)N1CCN(CC2CN=C(c3cccs3)O2)CC1. The first-order valence-corrected chi connectivity index (χ1v) is 11.0. The van der Waals surface area contributed by atoms with E-state index in [0.29, 0.717) is 32.7 Å².